The molecule has 1 atom stereocenters. The fourth-order valence-electron chi connectivity index (χ4n) is 2.91. The molecule has 1 unspecified atom stereocenters. The van der Waals surface area contributed by atoms with E-state index in [0.29, 0.717) is 0 Å². The van der Waals surface area contributed by atoms with E-state index in [-0.39, 0.29) is 34.9 Å². The van der Waals surface area contributed by atoms with Crippen LogP contribution in [0.15, 0.2) is 24.3 Å². The summed E-state index contributed by atoms with van der Waals surface area (Å²) in [5, 5.41) is 21.1. The van der Waals surface area contributed by atoms with Crippen molar-refractivity contribution in [3.05, 3.63) is 35.4 Å². The van der Waals surface area contributed by atoms with E-state index in [1.807, 2.05) is 0 Å². The number of aromatic hydroxyl groups is 2. The van der Waals surface area contributed by atoms with Gasteiger partial charge in [0.2, 0.25) is 11.8 Å². The van der Waals surface area contributed by atoms with Crippen LogP contribution in [0.25, 0.3) is 5.69 Å². The van der Waals surface area contributed by atoms with Crippen LogP contribution in [0, 0.1) is 6.92 Å². The van der Waals surface area contributed by atoms with Gasteiger partial charge in [0.25, 0.3) is 0 Å². The van der Waals surface area contributed by atoms with Crippen molar-refractivity contribution in [2.45, 2.75) is 39.3 Å². The van der Waals surface area contributed by atoms with E-state index < -0.39 is 36.5 Å². The first kappa shape index (κ1) is 22.1. The van der Waals surface area contributed by atoms with Crippen molar-refractivity contribution < 1.29 is 42.4 Å². The Labute approximate surface area is 164 Å². The number of ether oxygens (including phenoxy) is 2. The van der Waals surface area contributed by atoms with Gasteiger partial charge in [0.15, 0.2) is 6.61 Å². The number of hydrogen-bond donors (Lipinski definition) is 2. The fourth-order valence-corrected chi connectivity index (χ4v) is 2.91. The average molecular weight is 415 g/mol. The second kappa shape index (κ2) is 8.46. The first-order chi connectivity index (χ1) is 13.5. The molecule has 1 aromatic heterocycles. The third kappa shape index (κ3) is 5.01. The molecule has 0 aliphatic carbocycles. The summed E-state index contributed by atoms with van der Waals surface area (Å²) in [5.41, 5.74) is 0.382. The Morgan fingerprint density at radius 3 is 2.21 bits per heavy atom. The SMILES string of the molecule is CCC(C(=O)OCC(F)(F)F)c1c(C)c(O)n(-c2ccc(OC(C)=O)cc2)c1O. The molecule has 1 aromatic carbocycles. The standard InChI is InChI=1S/C19H20F3NO6/c1-4-14(18(27)28-9-19(20,21)22)15-10(2)16(25)23(17(15)26)12-5-7-13(8-6-12)29-11(3)24/h5-8,14,25-26H,4,9H2,1-3H3. The molecule has 29 heavy (non-hydrogen) atoms. The predicted molar refractivity (Wildman–Crippen MR) is 95.2 cm³/mol. The van der Waals surface area contributed by atoms with Gasteiger partial charge in [0.05, 0.1) is 11.6 Å². The van der Waals surface area contributed by atoms with Crippen LogP contribution in [0.2, 0.25) is 0 Å². The maximum Gasteiger partial charge on any atom is 0.422 e. The first-order valence-corrected chi connectivity index (χ1v) is 8.61. The lowest BCUT2D eigenvalue weighted by Gasteiger charge is -2.16. The summed E-state index contributed by atoms with van der Waals surface area (Å²) in [6, 6.07) is 5.76. The van der Waals surface area contributed by atoms with Crippen molar-refractivity contribution in [1.29, 1.82) is 0 Å². The lowest BCUT2D eigenvalue weighted by atomic mass is 9.95. The van der Waals surface area contributed by atoms with E-state index in [1.165, 1.54) is 38.1 Å². The largest absolute Gasteiger partial charge is 0.494 e. The summed E-state index contributed by atoms with van der Waals surface area (Å²) in [7, 11) is 0. The first-order valence-electron chi connectivity index (χ1n) is 8.61. The summed E-state index contributed by atoms with van der Waals surface area (Å²) in [5.74, 6) is -3.54. The minimum Gasteiger partial charge on any atom is -0.494 e. The van der Waals surface area contributed by atoms with Crippen molar-refractivity contribution in [2.75, 3.05) is 6.61 Å². The minimum atomic E-state index is -4.68. The van der Waals surface area contributed by atoms with E-state index in [2.05, 4.69) is 4.74 Å². The summed E-state index contributed by atoms with van der Waals surface area (Å²) >= 11 is 0. The van der Waals surface area contributed by atoms with Crippen LogP contribution >= 0.6 is 0 Å². The highest BCUT2D eigenvalue weighted by atomic mass is 19.4. The zero-order chi connectivity index (χ0) is 21.9. The summed E-state index contributed by atoms with van der Waals surface area (Å²) in [6.45, 7) is 2.46. The fraction of sp³-hybridized carbons (Fsp3) is 0.368. The van der Waals surface area contributed by atoms with Gasteiger partial charge in [0.1, 0.15) is 5.75 Å². The van der Waals surface area contributed by atoms with Gasteiger partial charge in [0, 0.05) is 18.1 Å². The van der Waals surface area contributed by atoms with Gasteiger partial charge < -0.3 is 19.7 Å². The molecule has 10 heteroatoms. The highest BCUT2D eigenvalue weighted by Crippen LogP contribution is 2.42. The zero-order valence-corrected chi connectivity index (χ0v) is 15.9. The summed E-state index contributed by atoms with van der Waals surface area (Å²) in [6.07, 6.45) is -4.64. The molecule has 2 N–H and O–H groups in total. The molecule has 0 amide bonds. The van der Waals surface area contributed by atoms with Crippen LogP contribution in [-0.2, 0) is 14.3 Å². The third-order valence-electron chi connectivity index (χ3n) is 4.18. The molecule has 0 fully saturated rings. The predicted octanol–water partition coefficient (Wildman–Crippen LogP) is 3.72. The van der Waals surface area contributed by atoms with Gasteiger partial charge in [-0.1, -0.05) is 6.92 Å². The van der Waals surface area contributed by atoms with E-state index >= 15 is 0 Å². The molecule has 7 nitrogen and oxygen atoms in total. The molecule has 158 valence electrons. The molecular formula is C19H20F3NO6. The number of rotatable bonds is 6. The van der Waals surface area contributed by atoms with Gasteiger partial charge in [-0.25, -0.2) is 0 Å². The zero-order valence-electron chi connectivity index (χ0n) is 15.9. The Balaban J connectivity index is 2.40. The number of nitrogens with zero attached hydrogens (tertiary/aromatic N) is 1. The van der Waals surface area contributed by atoms with Crippen LogP contribution in [0.1, 0.15) is 37.3 Å². The van der Waals surface area contributed by atoms with Crippen molar-refractivity contribution in [3.8, 4) is 23.2 Å². The second-order valence-electron chi connectivity index (χ2n) is 6.29. The molecule has 2 aromatic rings. The van der Waals surface area contributed by atoms with E-state index in [4.69, 9.17) is 4.74 Å². The minimum absolute atomic E-state index is 0.0266. The van der Waals surface area contributed by atoms with Crippen LogP contribution in [0.3, 0.4) is 0 Å². The molecule has 2 rings (SSSR count). The number of aromatic nitrogens is 1. The van der Waals surface area contributed by atoms with Crippen LogP contribution < -0.4 is 4.74 Å². The maximum atomic E-state index is 12.3. The molecule has 0 aliphatic rings. The number of halogens is 3. The average Bonchev–Trinajstić information content (AvgIpc) is 2.84. The smallest absolute Gasteiger partial charge is 0.422 e. The number of carbonyl (C=O) groups is 2. The number of benzene rings is 1. The van der Waals surface area contributed by atoms with Crippen molar-refractivity contribution >= 4 is 11.9 Å². The molecule has 0 radical (unpaired) electrons. The Morgan fingerprint density at radius 2 is 1.72 bits per heavy atom. The summed E-state index contributed by atoms with van der Waals surface area (Å²) in [4.78, 5) is 23.1. The number of hydrogen-bond acceptors (Lipinski definition) is 6. The summed E-state index contributed by atoms with van der Waals surface area (Å²) < 4.78 is 47.3. The molecule has 0 bridgehead atoms. The van der Waals surface area contributed by atoms with E-state index in [0.717, 1.165) is 4.57 Å². The number of esters is 2. The lowest BCUT2D eigenvalue weighted by molar-refractivity contribution is -0.187. The van der Waals surface area contributed by atoms with Gasteiger partial charge in [-0.2, -0.15) is 13.2 Å². The Kier molecular flexibility index (Phi) is 6.45. The Hall–Kier alpha value is -3.17. The number of carbonyl (C=O) groups excluding carboxylic acids is 2. The van der Waals surface area contributed by atoms with Gasteiger partial charge in [-0.05, 0) is 37.6 Å². The van der Waals surface area contributed by atoms with Gasteiger partial charge in [-0.3, -0.25) is 14.2 Å². The quantitative estimate of drug-likeness (QED) is 0.551. The monoisotopic (exact) mass is 415 g/mol. The van der Waals surface area contributed by atoms with Crippen molar-refractivity contribution in [3.63, 3.8) is 0 Å². The molecule has 0 spiro atoms. The molecule has 0 saturated heterocycles. The third-order valence-corrected chi connectivity index (χ3v) is 4.18. The van der Waals surface area contributed by atoms with Crippen molar-refractivity contribution in [1.82, 2.24) is 4.57 Å². The highest BCUT2D eigenvalue weighted by molar-refractivity contribution is 5.80. The van der Waals surface area contributed by atoms with Gasteiger partial charge >= 0.3 is 18.1 Å². The second-order valence-corrected chi connectivity index (χ2v) is 6.29. The lowest BCUT2D eigenvalue weighted by Crippen LogP contribution is -2.24. The molecular weight excluding hydrogens is 395 g/mol. The van der Waals surface area contributed by atoms with Crippen molar-refractivity contribution in [2.24, 2.45) is 0 Å². The van der Waals surface area contributed by atoms with Crippen LogP contribution in [0.4, 0.5) is 13.2 Å². The van der Waals surface area contributed by atoms with Crippen LogP contribution in [-0.4, -0.2) is 39.5 Å². The van der Waals surface area contributed by atoms with E-state index in [1.54, 1.807) is 6.92 Å². The van der Waals surface area contributed by atoms with Gasteiger partial charge in [-0.15, -0.1) is 0 Å². The van der Waals surface area contributed by atoms with Crippen LogP contribution in [0.5, 0.6) is 17.5 Å². The normalized spacial score (nSPS) is 12.5. The maximum absolute atomic E-state index is 12.3. The van der Waals surface area contributed by atoms with E-state index in [9.17, 15) is 33.0 Å². The highest BCUT2D eigenvalue weighted by Gasteiger charge is 2.35. The topological polar surface area (TPSA) is 98.0 Å². The molecule has 0 aliphatic heterocycles. The molecule has 1 heterocycles. The molecule has 0 saturated carbocycles. The Morgan fingerprint density at radius 1 is 1.14 bits per heavy atom. The Bertz CT molecular complexity index is 902. The number of alkyl halides is 3.